The molecule has 1 aliphatic rings. The molecule has 0 spiro atoms. The first kappa shape index (κ1) is 11.0. The van der Waals surface area contributed by atoms with E-state index >= 15 is 0 Å². The predicted molar refractivity (Wildman–Crippen MR) is 56.2 cm³/mol. The number of nitrogens with one attached hydrogen (secondary N) is 2. The summed E-state index contributed by atoms with van der Waals surface area (Å²) in [4.78, 5) is 3.33. The van der Waals surface area contributed by atoms with Crippen LogP contribution < -0.4 is 9.80 Å². The molecule has 13 heavy (non-hydrogen) atoms. The summed E-state index contributed by atoms with van der Waals surface area (Å²) >= 11 is 0. The second-order valence-electron chi connectivity index (χ2n) is 5.17. The van der Waals surface area contributed by atoms with Gasteiger partial charge in [0, 0.05) is 6.42 Å². The van der Waals surface area contributed by atoms with Crippen molar-refractivity contribution < 1.29 is 9.80 Å². The standard InChI is InChI=1S/C11H24N2/c1-10-5-6-11(9-10)13(4)8-7-12(2)3/h10-11H,5-9H2,1-4H3/p+2/t10-,11-/m1/s1. The molecule has 0 bridgehead atoms. The smallest absolute Gasteiger partial charge is 0.127 e. The summed E-state index contributed by atoms with van der Waals surface area (Å²) in [6, 6.07) is 0.953. The van der Waals surface area contributed by atoms with Crippen molar-refractivity contribution in [1.82, 2.24) is 0 Å². The van der Waals surface area contributed by atoms with Crippen molar-refractivity contribution in [3.8, 4) is 0 Å². The molecule has 2 nitrogen and oxygen atoms in total. The highest BCUT2D eigenvalue weighted by atomic mass is 15.2. The van der Waals surface area contributed by atoms with Crippen LogP contribution in [0.3, 0.4) is 0 Å². The number of likely N-dealkylation sites (N-methyl/N-ethyl adjacent to an activating group) is 2. The zero-order valence-electron chi connectivity index (χ0n) is 9.69. The van der Waals surface area contributed by atoms with Crippen LogP contribution >= 0.6 is 0 Å². The molecule has 0 saturated heterocycles. The van der Waals surface area contributed by atoms with Crippen LogP contribution in [0.25, 0.3) is 0 Å². The van der Waals surface area contributed by atoms with Crippen LogP contribution in [0.15, 0.2) is 0 Å². The summed E-state index contributed by atoms with van der Waals surface area (Å²) in [6.07, 6.45) is 4.36. The predicted octanol–water partition coefficient (Wildman–Crippen LogP) is -1.17. The summed E-state index contributed by atoms with van der Waals surface area (Å²) in [6.45, 7) is 5.03. The van der Waals surface area contributed by atoms with E-state index in [0.717, 1.165) is 12.0 Å². The van der Waals surface area contributed by atoms with Crippen LogP contribution in [0, 0.1) is 5.92 Å². The first-order valence-electron chi connectivity index (χ1n) is 5.71. The lowest BCUT2D eigenvalue weighted by molar-refractivity contribution is -0.944. The van der Waals surface area contributed by atoms with Gasteiger partial charge in [-0.15, -0.1) is 0 Å². The quantitative estimate of drug-likeness (QED) is 0.548. The first-order valence-corrected chi connectivity index (χ1v) is 5.71. The van der Waals surface area contributed by atoms with Crippen LogP contribution in [0.2, 0.25) is 0 Å². The van der Waals surface area contributed by atoms with E-state index in [0.29, 0.717) is 0 Å². The Kier molecular flexibility index (Phi) is 4.20. The fraction of sp³-hybridized carbons (Fsp3) is 1.00. The third-order valence-corrected chi connectivity index (χ3v) is 3.41. The Bertz CT molecular complexity index is 145. The Morgan fingerprint density at radius 3 is 2.23 bits per heavy atom. The summed E-state index contributed by atoms with van der Waals surface area (Å²) in [5.74, 6) is 0.978. The lowest BCUT2D eigenvalue weighted by Gasteiger charge is -2.21. The summed E-state index contributed by atoms with van der Waals surface area (Å²) in [5, 5.41) is 0. The maximum absolute atomic E-state index is 2.39. The lowest BCUT2D eigenvalue weighted by atomic mass is 10.1. The third kappa shape index (κ3) is 3.65. The number of rotatable bonds is 4. The Morgan fingerprint density at radius 1 is 1.08 bits per heavy atom. The van der Waals surface area contributed by atoms with E-state index < -0.39 is 0 Å². The van der Waals surface area contributed by atoms with E-state index in [-0.39, 0.29) is 0 Å². The average Bonchev–Trinajstić information content (AvgIpc) is 2.47. The van der Waals surface area contributed by atoms with Gasteiger partial charge in [-0.25, -0.2) is 0 Å². The van der Waals surface area contributed by atoms with Gasteiger partial charge in [-0.2, -0.15) is 0 Å². The fourth-order valence-electron chi connectivity index (χ4n) is 2.31. The van der Waals surface area contributed by atoms with E-state index in [4.69, 9.17) is 0 Å². The van der Waals surface area contributed by atoms with Crippen molar-refractivity contribution in [2.24, 2.45) is 5.92 Å². The van der Waals surface area contributed by atoms with E-state index in [1.54, 1.807) is 9.80 Å². The van der Waals surface area contributed by atoms with Crippen molar-refractivity contribution in [2.75, 3.05) is 34.2 Å². The van der Waals surface area contributed by atoms with Crippen LogP contribution in [0.4, 0.5) is 0 Å². The van der Waals surface area contributed by atoms with E-state index in [1.165, 1.54) is 32.4 Å². The molecule has 0 aromatic heterocycles. The van der Waals surface area contributed by atoms with Crippen molar-refractivity contribution in [2.45, 2.75) is 32.2 Å². The molecule has 0 radical (unpaired) electrons. The largest absolute Gasteiger partial charge is 0.335 e. The van der Waals surface area contributed by atoms with Gasteiger partial charge in [0.25, 0.3) is 0 Å². The Labute approximate surface area is 82.9 Å². The summed E-state index contributed by atoms with van der Waals surface area (Å²) < 4.78 is 0. The molecule has 78 valence electrons. The maximum Gasteiger partial charge on any atom is 0.127 e. The van der Waals surface area contributed by atoms with Gasteiger partial charge >= 0.3 is 0 Å². The lowest BCUT2D eigenvalue weighted by Crippen LogP contribution is -3.18. The van der Waals surface area contributed by atoms with E-state index in [9.17, 15) is 0 Å². The highest BCUT2D eigenvalue weighted by Gasteiger charge is 2.27. The zero-order valence-corrected chi connectivity index (χ0v) is 9.69. The van der Waals surface area contributed by atoms with Crippen LogP contribution in [-0.4, -0.2) is 40.3 Å². The molecule has 0 aromatic rings. The average molecular weight is 186 g/mol. The highest BCUT2D eigenvalue weighted by molar-refractivity contribution is 4.71. The van der Waals surface area contributed by atoms with Crippen LogP contribution in [-0.2, 0) is 0 Å². The third-order valence-electron chi connectivity index (χ3n) is 3.41. The van der Waals surface area contributed by atoms with Crippen molar-refractivity contribution >= 4 is 0 Å². The molecule has 1 fully saturated rings. The Hall–Kier alpha value is -0.0800. The van der Waals surface area contributed by atoms with Crippen molar-refractivity contribution in [3.05, 3.63) is 0 Å². The normalized spacial score (nSPS) is 31.2. The van der Waals surface area contributed by atoms with Gasteiger partial charge < -0.3 is 9.80 Å². The molecule has 3 atom stereocenters. The minimum Gasteiger partial charge on any atom is -0.335 e. The molecule has 2 N–H and O–H groups in total. The highest BCUT2D eigenvalue weighted by Crippen LogP contribution is 2.22. The Balaban J connectivity index is 2.19. The molecule has 1 unspecified atom stereocenters. The van der Waals surface area contributed by atoms with Gasteiger partial charge in [-0.3, -0.25) is 0 Å². The number of hydrogen-bond donors (Lipinski definition) is 2. The monoisotopic (exact) mass is 186 g/mol. The van der Waals surface area contributed by atoms with Gasteiger partial charge in [0.1, 0.15) is 13.1 Å². The molecule has 1 rings (SSSR count). The van der Waals surface area contributed by atoms with Gasteiger partial charge in [-0.1, -0.05) is 6.92 Å². The minimum absolute atomic E-state index is 0.953. The second-order valence-corrected chi connectivity index (χ2v) is 5.17. The van der Waals surface area contributed by atoms with E-state index in [2.05, 4.69) is 28.1 Å². The molecular weight excluding hydrogens is 160 g/mol. The van der Waals surface area contributed by atoms with E-state index in [1.807, 2.05) is 0 Å². The van der Waals surface area contributed by atoms with Gasteiger partial charge in [0.2, 0.25) is 0 Å². The van der Waals surface area contributed by atoms with Crippen LogP contribution in [0.5, 0.6) is 0 Å². The molecular formula is C11H26N2+2. The molecule has 2 heteroatoms. The molecule has 0 amide bonds. The van der Waals surface area contributed by atoms with Gasteiger partial charge in [0.05, 0.1) is 27.2 Å². The first-order chi connectivity index (χ1) is 6.09. The topological polar surface area (TPSA) is 8.88 Å². The SMILES string of the molecule is C[C@@H]1CC[C@@H]([NH+](C)CC[NH+](C)C)C1. The van der Waals surface area contributed by atoms with Gasteiger partial charge in [0.15, 0.2) is 0 Å². The fourth-order valence-corrected chi connectivity index (χ4v) is 2.31. The van der Waals surface area contributed by atoms with Crippen molar-refractivity contribution in [1.29, 1.82) is 0 Å². The number of quaternary nitrogens is 2. The molecule has 1 aliphatic carbocycles. The number of hydrogen-bond acceptors (Lipinski definition) is 0. The molecule has 0 heterocycles. The maximum atomic E-state index is 2.39. The second kappa shape index (κ2) is 4.97. The zero-order chi connectivity index (χ0) is 9.84. The van der Waals surface area contributed by atoms with Gasteiger partial charge in [-0.05, 0) is 18.8 Å². The molecule has 1 saturated carbocycles. The molecule has 0 aromatic carbocycles. The van der Waals surface area contributed by atoms with Crippen LogP contribution in [0.1, 0.15) is 26.2 Å². The summed E-state index contributed by atoms with van der Waals surface area (Å²) in [5.41, 5.74) is 0. The minimum atomic E-state index is 0.953. The summed E-state index contributed by atoms with van der Waals surface area (Å²) in [7, 11) is 6.85. The van der Waals surface area contributed by atoms with Crippen molar-refractivity contribution in [3.63, 3.8) is 0 Å². The molecule has 0 aliphatic heterocycles. The Morgan fingerprint density at radius 2 is 1.77 bits per heavy atom.